The standard InChI is InChI=1S/C16H23NO6S2.Na.H/c1-13-16(2,9-5-11-24(18,19)20)14-7-3-4-8-15(14)17(13)10-6-12-25(21,22)23;;/h3-4,7-8H,5-6,9-12H2,1-2H3,(H-,18,19,20,21,22,23);;/q;+1;-1/p+1. The van der Waals surface area contributed by atoms with Crippen molar-refractivity contribution in [1.29, 1.82) is 0 Å². The predicted octanol–water partition coefficient (Wildman–Crippen LogP) is -0.875. The molecule has 1 aliphatic rings. The summed E-state index contributed by atoms with van der Waals surface area (Å²) in [5.41, 5.74) is 2.62. The topological polar surface area (TPSA) is 112 Å². The molecule has 1 aliphatic heterocycles. The van der Waals surface area contributed by atoms with Gasteiger partial charge in [0.1, 0.15) is 6.54 Å². The summed E-state index contributed by atoms with van der Waals surface area (Å²) in [4.78, 5) is 0. The molecule has 0 fully saturated rings. The quantitative estimate of drug-likeness (QED) is 0.325. The third kappa shape index (κ3) is 5.85. The summed E-state index contributed by atoms with van der Waals surface area (Å²) in [7, 11) is -8.00. The molecule has 1 atom stereocenters. The molecule has 0 amide bonds. The van der Waals surface area contributed by atoms with Crippen LogP contribution in [0.15, 0.2) is 24.3 Å². The zero-order valence-electron chi connectivity index (χ0n) is 16.3. The minimum absolute atomic E-state index is 0. The first-order chi connectivity index (χ1) is 11.4. The SMILES string of the molecule is CC1=[N+](CCCS(=O)(=O)O)c2ccccc2C1(C)CCCS(=O)(=O)O.[H-].[Na+]. The van der Waals surface area contributed by atoms with E-state index in [1.807, 2.05) is 42.7 Å². The van der Waals surface area contributed by atoms with E-state index < -0.39 is 20.2 Å². The molecule has 10 heteroatoms. The Hall–Kier alpha value is -0.290. The van der Waals surface area contributed by atoms with Gasteiger partial charge in [0.05, 0.1) is 16.9 Å². The fourth-order valence-corrected chi connectivity index (χ4v) is 4.47. The summed E-state index contributed by atoms with van der Waals surface area (Å²) in [5.74, 6) is -0.598. The van der Waals surface area contributed by atoms with Crippen LogP contribution in [0, 0.1) is 0 Å². The average molecular weight is 415 g/mol. The first-order valence-electron chi connectivity index (χ1n) is 8.05. The van der Waals surface area contributed by atoms with Crippen molar-refractivity contribution in [2.75, 3.05) is 18.1 Å². The van der Waals surface area contributed by atoms with Gasteiger partial charge in [0, 0.05) is 25.0 Å². The number of rotatable bonds is 8. The van der Waals surface area contributed by atoms with Crippen LogP contribution in [0.2, 0.25) is 0 Å². The number of fused-ring (bicyclic) bond motifs is 1. The fraction of sp³-hybridized carbons (Fsp3) is 0.562. The zero-order chi connectivity index (χ0) is 18.9. The van der Waals surface area contributed by atoms with E-state index >= 15 is 0 Å². The van der Waals surface area contributed by atoms with Gasteiger partial charge in [-0.25, -0.2) is 0 Å². The molecule has 0 saturated heterocycles. The summed E-state index contributed by atoms with van der Waals surface area (Å²) in [5, 5.41) is 0. The first kappa shape index (κ1) is 23.7. The summed E-state index contributed by atoms with van der Waals surface area (Å²) >= 11 is 0. The fourth-order valence-electron chi connectivity index (χ4n) is 3.47. The number of nitrogens with zero attached hydrogens (tertiary/aromatic N) is 1. The molecule has 0 bridgehead atoms. The summed E-state index contributed by atoms with van der Waals surface area (Å²) in [6, 6.07) is 7.73. The molecule has 26 heavy (non-hydrogen) atoms. The minimum Gasteiger partial charge on any atom is -1.00 e. The molecule has 2 rings (SSSR count). The van der Waals surface area contributed by atoms with Gasteiger partial charge in [-0.15, -0.1) is 0 Å². The van der Waals surface area contributed by atoms with Crippen LogP contribution < -0.4 is 29.6 Å². The van der Waals surface area contributed by atoms with Gasteiger partial charge in [0.25, 0.3) is 20.2 Å². The molecular formula is C16H25NNaO6S2+. The number of benzene rings is 1. The predicted molar refractivity (Wildman–Crippen MR) is 97.1 cm³/mol. The summed E-state index contributed by atoms with van der Waals surface area (Å²) < 4.78 is 63.8. The van der Waals surface area contributed by atoms with Crippen molar-refractivity contribution in [2.45, 2.75) is 38.5 Å². The molecule has 0 aromatic heterocycles. The maximum atomic E-state index is 11.0. The minimum atomic E-state index is -4.00. The van der Waals surface area contributed by atoms with Crippen molar-refractivity contribution in [3.05, 3.63) is 29.8 Å². The van der Waals surface area contributed by atoms with E-state index in [1.54, 1.807) is 0 Å². The molecule has 2 N–H and O–H groups in total. The van der Waals surface area contributed by atoms with Crippen molar-refractivity contribution in [1.82, 2.24) is 0 Å². The van der Waals surface area contributed by atoms with Gasteiger partial charge in [0.15, 0.2) is 5.71 Å². The molecular weight excluding hydrogens is 389 g/mol. The van der Waals surface area contributed by atoms with Crippen LogP contribution in [-0.2, 0) is 25.7 Å². The Morgan fingerprint density at radius 2 is 1.58 bits per heavy atom. The van der Waals surface area contributed by atoms with E-state index in [2.05, 4.69) is 0 Å². The van der Waals surface area contributed by atoms with Crippen molar-refractivity contribution in [3.8, 4) is 0 Å². The van der Waals surface area contributed by atoms with Crippen LogP contribution in [0.1, 0.15) is 40.1 Å². The Labute approximate surface area is 178 Å². The van der Waals surface area contributed by atoms with Gasteiger partial charge < -0.3 is 1.43 Å². The van der Waals surface area contributed by atoms with Crippen LogP contribution in [0.4, 0.5) is 5.69 Å². The third-order valence-corrected chi connectivity index (χ3v) is 6.46. The largest absolute Gasteiger partial charge is 1.00 e. The molecule has 1 aromatic rings. The van der Waals surface area contributed by atoms with E-state index in [0.717, 1.165) is 17.0 Å². The van der Waals surface area contributed by atoms with E-state index in [1.165, 1.54) is 0 Å². The molecule has 142 valence electrons. The maximum Gasteiger partial charge on any atom is 1.00 e. The molecule has 1 unspecified atom stereocenters. The van der Waals surface area contributed by atoms with Crippen LogP contribution in [0.25, 0.3) is 0 Å². The average Bonchev–Trinajstić information content (AvgIpc) is 2.67. The van der Waals surface area contributed by atoms with Crippen LogP contribution in [-0.4, -0.2) is 54.3 Å². The molecule has 0 radical (unpaired) electrons. The summed E-state index contributed by atoms with van der Waals surface area (Å²) in [6.45, 7) is 4.41. The normalized spacial score (nSPS) is 20.0. The monoisotopic (exact) mass is 414 g/mol. The van der Waals surface area contributed by atoms with Gasteiger partial charge in [-0.3, -0.25) is 9.11 Å². The Balaban J connectivity index is 0.00000338. The second-order valence-electron chi connectivity index (χ2n) is 6.62. The van der Waals surface area contributed by atoms with Crippen LogP contribution >= 0.6 is 0 Å². The Morgan fingerprint density at radius 1 is 1.04 bits per heavy atom. The van der Waals surface area contributed by atoms with E-state index in [9.17, 15) is 16.8 Å². The second-order valence-corrected chi connectivity index (χ2v) is 9.76. The van der Waals surface area contributed by atoms with Crippen LogP contribution in [0.5, 0.6) is 0 Å². The molecule has 1 aromatic carbocycles. The Kier molecular flexibility index (Phi) is 8.05. The number of para-hydroxylation sites is 1. The van der Waals surface area contributed by atoms with Crippen molar-refractivity contribution < 1.29 is 61.5 Å². The van der Waals surface area contributed by atoms with Gasteiger partial charge in [0.2, 0.25) is 5.69 Å². The van der Waals surface area contributed by atoms with Gasteiger partial charge in [-0.1, -0.05) is 18.2 Å². The van der Waals surface area contributed by atoms with Gasteiger partial charge in [-0.05, 0) is 19.8 Å². The molecule has 0 saturated carbocycles. The van der Waals surface area contributed by atoms with E-state index in [-0.39, 0.29) is 54.3 Å². The maximum absolute atomic E-state index is 11.0. The molecule has 1 heterocycles. The smallest absolute Gasteiger partial charge is 1.00 e. The third-order valence-electron chi connectivity index (χ3n) is 4.86. The van der Waals surface area contributed by atoms with Crippen LogP contribution in [0.3, 0.4) is 0 Å². The molecule has 0 spiro atoms. The first-order valence-corrected chi connectivity index (χ1v) is 11.3. The number of hydrogen-bond acceptors (Lipinski definition) is 4. The number of hydrogen-bond donors (Lipinski definition) is 2. The van der Waals surface area contributed by atoms with Gasteiger partial charge in [-0.2, -0.15) is 21.4 Å². The summed E-state index contributed by atoms with van der Waals surface area (Å²) in [6.07, 6.45) is 1.15. The second kappa shape index (κ2) is 8.81. The van der Waals surface area contributed by atoms with E-state index in [0.29, 0.717) is 19.4 Å². The Bertz CT molecular complexity index is 901. The van der Waals surface area contributed by atoms with Crippen molar-refractivity contribution in [2.24, 2.45) is 0 Å². The van der Waals surface area contributed by atoms with Crippen molar-refractivity contribution in [3.63, 3.8) is 0 Å². The Morgan fingerprint density at radius 3 is 2.15 bits per heavy atom. The van der Waals surface area contributed by atoms with Crippen molar-refractivity contribution >= 4 is 31.6 Å². The zero-order valence-corrected chi connectivity index (χ0v) is 19.0. The molecule has 7 nitrogen and oxygen atoms in total. The van der Waals surface area contributed by atoms with Gasteiger partial charge >= 0.3 is 29.6 Å². The van der Waals surface area contributed by atoms with E-state index in [4.69, 9.17) is 9.11 Å². The molecule has 0 aliphatic carbocycles.